The van der Waals surface area contributed by atoms with Crippen LogP contribution >= 0.6 is 11.3 Å². The largest absolute Gasteiger partial charge is 0.502 e. The van der Waals surface area contributed by atoms with Gasteiger partial charge in [-0.2, -0.15) is 0 Å². The van der Waals surface area contributed by atoms with Crippen LogP contribution in [-0.4, -0.2) is 24.3 Å². The summed E-state index contributed by atoms with van der Waals surface area (Å²) in [6.45, 7) is 1.97. The van der Waals surface area contributed by atoms with E-state index in [1.807, 2.05) is 25.1 Å². The molecule has 0 radical (unpaired) electrons. The van der Waals surface area contributed by atoms with Gasteiger partial charge in [-0.15, -0.1) is 11.3 Å². The van der Waals surface area contributed by atoms with E-state index in [0.29, 0.717) is 23.0 Å². The standard InChI is InChI=1S/C16H15NO4S/c1-9-17-12-5-4-10(8-15(12)22-9)21-11-6-13(19-2)16(18)14(7-11)20-3/h4-8,18H,1-3H3. The number of fused-ring (bicyclic) bond motifs is 1. The minimum atomic E-state index is -0.0501. The van der Waals surface area contributed by atoms with Gasteiger partial charge in [0, 0.05) is 18.2 Å². The number of aromatic hydroxyl groups is 1. The molecule has 0 bridgehead atoms. The molecule has 0 aliphatic heterocycles. The number of nitrogens with zero attached hydrogens (tertiary/aromatic N) is 1. The van der Waals surface area contributed by atoms with Crippen LogP contribution in [0.15, 0.2) is 30.3 Å². The molecule has 2 aromatic carbocycles. The molecular formula is C16H15NO4S. The lowest BCUT2D eigenvalue weighted by molar-refractivity contribution is 0.335. The van der Waals surface area contributed by atoms with E-state index in [4.69, 9.17) is 14.2 Å². The number of phenolic OH excluding ortho intramolecular Hbond substituents is 1. The van der Waals surface area contributed by atoms with Crippen molar-refractivity contribution in [3.8, 4) is 28.7 Å². The van der Waals surface area contributed by atoms with Crippen LogP contribution in [0, 0.1) is 6.92 Å². The van der Waals surface area contributed by atoms with Crippen molar-refractivity contribution in [2.45, 2.75) is 6.92 Å². The molecule has 6 heteroatoms. The molecule has 1 heterocycles. The van der Waals surface area contributed by atoms with E-state index in [0.717, 1.165) is 15.2 Å². The van der Waals surface area contributed by atoms with Gasteiger partial charge in [-0.25, -0.2) is 4.98 Å². The summed E-state index contributed by atoms with van der Waals surface area (Å²) >= 11 is 1.61. The Morgan fingerprint density at radius 2 is 1.68 bits per heavy atom. The fourth-order valence-electron chi connectivity index (χ4n) is 2.15. The molecule has 0 unspecified atom stereocenters. The highest BCUT2D eigenvalue weighted by molar-refractivity contribution is 7.18. The van der Waals surface area contributed by atoms with Crippen molar-refractivity contribution in [1.82, 2.24) is 4.98 Å². The zero-order valence-corrected chi connectivity index (χ0v) is 13.2. The molecule has 0 aliphatic rings. The molecule has 22 heavy (non-hydrogen) atoms. The topological polar surface area (TPSA) is 60.8 Å². The smallest absolute Gasteiger partial charge is 0.201 e. The highest BCUT2D eigenvalue weighted by atomic mass is 32.1. The van der Waals surface area contributed by atoms with Crippen molar-refractivity contribution < 1.29 is 19.3 Å². The third kappa shape index (κ3) is 2.65. The maximum atomic E-state index is 9.91. The molecule has 5 nitrogen and oxygen atoms in total. The Hall–Kier alpha value is -2.47. The van der Waals surface area contributed by atoms with Gasteiger partial charge in [-0.05, 0) is 19.1 Å². The zero-order chi connectivity index (χ0) is 15.7. The third-order valence-corrected chi connectivity index (χ3v) is 4.09. The normalized spacial score (nSPS) is 10.7. The van der Waals surface area contributed by atoms with Crippen LogP contribution in [0.2, 0.25) is 0 Å². The lowest BCUT2D eigenvalue weighted by Gasteiger charge is -2.12. The maximum absolute atomic E-state index is 9.91. The molecule has 0 saturated heterocycles. The molecule has 3 aromatic rings. The number of phenols is 1. The average Bonchev–Trinajstić information content (AvgIpc) is 2.88. The Balaban J connectivity index is 1.96. The van der Waals surface area contributed by atoms with Crippen LogP contribution in [0.3, 0.4) is 0 Å². The molecule has 1 N–H and O–H groups in total. The fraction of sp³-hybridized carbons (Fsp3) is 0.188. The Labute approximate surface area is 131 Å². The fourth-order valence-corrected chi connectivity index (χ4v) is 3.00. The lowest BCUT2D eigenvalue weighted by Crippen LogP contribution is -1.91. The zero-order valence-electron chi connectivity index (χ0n) is 12.4. The predicted molar refractivity (Wildman–Crippen MR) is 85.6 cm³/mol. The van der Waals surface area contributed by atoms with E-state index in [9.17, 15) is 5.11 Å². The molecule has 1 aromatic heterocycles. The molecule has 0 fully saturated rings. The van der Waals surface area contributed by atoms with Crippen molar-refractivity contribution in [3.63, 3.8) is 0 Å². The minimum absolute atomic E-state index is 0.0501. The first-order valence-corrected chi connectivity index (χ1v) is 7.42. The number of methoxy groups -OCH3 is 2. The van der Waals surface area contributed by atoms with Gasteiger partial charge in [-0.3, -0.25) is 0 Å². The van der Waals surface area contributed by atoms with Gasteiger partial charge in [0.1, 0.15) is 11.5 Å². The van der Waals surface area contributed by atoms with Crippen molar-refractivity contribution in [2.75, 3.05) is 14.2 Å². The highest BCUT2D eigenvalue weighted by Gasteiger charge is 2.13. The summed E-state index contributed by atoms with van der Waals surface area (Å²) in [5.74, 6) is 1.75. The van der Waals surface area contributed by atoms with Gasteiger partial charge in [0.15, 0.2) is 11.5 Å². The summed E-state index contributed by atoms with van der Waals surface area (Å²) in [5.41, 5.74) is 0.954. The third-order valence-electron chi connectivity index (χ3n) is 3.16. The van der Waals surface area contributed by atoms with E-state index in [2.05, 4.69) is 4.98 Å². The molecule has 3 rings (SSSR count). The second-order valence-corrected chi connectivity index (χ2v) is 5.88. The molecule has 0 amide bonds. The van der Waals surface area contributed by atoms with Crippen molar-refractivity contribution in [2.24, 2.45) is 0 Å². The molecule has 114 valence electrons. The van der Waals surface area contributed by atoms with Crippen molar-refractivity contribution >= 4 is 21.6 Å². The predicted octanol–water partition coefficient (Wildman–Crippen LogP) is 4.12. The highest BCUT2D eigenvalue weighted by Crippen LogP contribution is 2.41. The van der Waals surface area contributed by atoms with Crippen molar-refractivity contribution in [1.29, 1.82) is 0 Å². The van der Waals surface area contributed by atoms with E-state index in [-0.39, 0.29) is 5.75 Å². The van der Waals surface area contributed by atoms with Crippen LogP contribution in [0.25, 0.3) is 10.2 Å². The minimum Gasteiger partial charge on any atom is -0.502 e. The number of ether oxygens (including phenoxy) is 3. The number of aromatic nitrogens is 1. The number of hydrogen-bond acceptors (Lipinski definition) is 6. The first-order chi connectivity index (χ1) is 10.6. The van der Waals surface area contributed by atoms with Crippen LogP contribution in [-0.2, 0) is 0 Å². The van der Waals surface area contributed by atoms with Crippen LogP contribution < -0.4 is 14.2 Å². The first-order valence-electron chi connectivity index (χ1n) is 6.60. The van der Waals surface area contributed by atoms with Gasteiger partial charge < -0.3 is 19.3 Å². The number of thiazole rings is 1. The molecular weight excluding hydrogens is 302 g/mol. The SMILES string of the molecule is COc1cc(Oc2ccc3nc(C)sc3c2)cc(OC)c1O. The monoisotopic (exact) mass is 317 g/mol. The summed E-state index contributed by atoms with van der Waals surface area (Å²) in [4.78, 5) is 4.42. The first kappa shape index (κ1) is 14.5. The van der Waals surface area contributed by atoms with Crippen LogP contribution in [0.5, 0.6) is 28.7 Å². The van der Waals surface area contributed by atoms with Gasteiger partial charge in [0.05, 0.1) is 29.4 Å². The van der Waals surface area contributed by atoms with Gasteiger partial charge in [-0.1, -0.05) is 0 Å². The van der Waals surface area contributed by atoms with Gasteiger partial charge in [0.2, 0.25) is 5.75 Å². The molecule has 0 aliphatic carbocycles. The maximum Gasteiger partial charge on any atom is 0.201 e. The lowest BCUT2D eigenvalue weighted by atomic mass is 10.2. The van der Waals surface area contributed by atoms with Crippen molar-refractivity contribution in [3.05, 3.63) is 35.3 Å². The van der Waals surface area contributed by atoms with Gasteiger partial charge >= 0.3 is 0 Å². The van der Waals surface area contributed by atoms with E-state index in [1.54, 1.807) is 23.5 Å². The van der Waals surface area contributed by atoms with E-state index in [1.165, 1.54) is 14.2 Å². The van der Waals surface area contributed by atoms with E-state index >= 15 is 0 Å². The molecule has 0 atom stereocenters. The van der Waals surface area contributed by atoms with Crippen LogP contribution in [0.1, 0.15) is 5.01 Å². The summed E-state index contributed by atoms with van der Waals surface area (Å²) in [6.07, 6.45) is 0. The summed E-state index contributed by atoms with van der Waals surface area (Å²) in [7, 11) is 2.95. The Morgan fingerprint density at radius 1 is 1.00 bits per heavy atom. The molecule has 0 saturated carbocycles. The summed E-state index contributed by atoms with van der Waals surface area (Å²) in [5, 5.41) is 10.9. The van der Waals surface area contributed by atoms with Crippen LogP contribution in [0.4, 0.5) is 0 Å². The molecule has 0 spiro atoms. The number of aryl methyl sites for hydroxylation is 1. The summed E-state index contributed by atoms with van der Waals surface area (Å²) < 4.78 is 17.1. The number of benzene rings is 2. The Bertz CT molecular complexity index is 803. The number of rotatable bonds is 4. The average molecular weight is 317 g/mol. The number of hydrogen-bond donors (Lipinski definition) is 1. The quantitative estimate of drug-likeness (QED) is 0.784. The second-order valence-electron chi connectivity index (χ2n) is 4.64. The van der Waals surface area contributed by atoms with Gasteiger partial charge in [0.25, 0.3) is 0 Å². The summed E-state index contributed by atoms with van der Waals surface area (Å²) in [6, 6.07) is 8.93. The Kier molecular flexibility index (Phi) is 3.77. The Morgan fingerprint density at radius 3 is 2.32 bits per heavy atom. The van der Waals surface area contributed by atoms with E-state index < -0.39 is 0 Å². The second kappa shape index (κ2) is 5.73.